The van der Waals surface area contributed by atoms with Gasteiger partial charge in [0.15, 0.2) is 6.10 Å². The molecule has 2 N–H and O–H groups in total. The minimum Gasteiger partial charge on any atom is -0.496 e. The maximum atomic E-state index is 11.8. The monoisotopic (exact) mass is 281 g/mol. The summed E-state index contributed by atoms with van der Waals surface area (Å²) in [5, 5.41) is 11.3. The van der Waals surface area contributed by atoms with Crippen LogP contribution in [0.15, 0.2) is 18.2 Å². The number of carbonyl (C=O) groups is 2. The van der Waals surface area contributed by atoms with Crippen LogP contribution >= 0.6 is 0 Å². The highest BCUT2D eigenvalue weighted by atomic mass is 16.5. The first kappa shape index (κ1) is 16.0. The highest BCUT2D eigenvalue weighted by molar-refractivity contribution is 5.80. The fraction of sp³-hybridized carbons (Fsp3) is 0.429. The third-order valence-electron chi connectivity index (χ3n) is 2.83. The molecule has 6 nitrogen and oxygen atoms in total. The SMILES string of the molecule is COc1ccc(C)cc1CC(=O)NCC(OC)C(=O)O. The van der Waals surface area contributed by atoms with Crippen LogP contribution in [0.5, 0.6) is 5.75 Å². The number of carboxylic acids is 1. The van der Waals surface area contributed by atoms with Crippen LogP contribution < -0.4 is 10.1 Å². The number of rotatable bonds is 7. The lowest BCUT2D eigenvalue weighted by molar-refractivity contribution is -0.148. The molecule has 1 aromatic rings. The summed E-state index contributed by atoms with van der Waals surface area (Å²) in [4.78, 5) is 22.6. The molecule has 1 unspecified atom stereocenters. The molecule has 1 rings (SSSR count). The van der Waals surface area contributed by atoms with Gasteiger partial charge in [0.1, 0.15) is 5.75 Å². The first-order valence-electron chi connectivity index (χ1n) is 6.13. The van der Waals surface area contributed by atoms with Crippen molar-refractivity contribution in [3.8, 4) is 5.75 Å². The van der Waals surface area contributed by atoms with Gasteiger partial charge in [-0.15, -0.1) is 0 Å². The summed E-state index contributed by atoms with van der Waals surface area (Å²) in [6, 6.07) is 5.56. The number of benzene rings is 1. The van der Waals surface area contributed by atoms with Crippen molar-refractivity contribution in [3.05, 3.63) is 29.3 Å². The van der Waals surface area contributed by atoms with Crippen LogP contribution in [0.1, 0.15) is 11.1 Å². The van der Waals surface area contributed by atoms with E-state index < -0.39 is 12.1 Å². The van der Waals surface area contributed by atoms with Crippen molar-refractivity contribution < 1.29 is 24.2 Å². The molecule has 1 amide bonds. The van der Waals surface area contributed by atoms with Crippen LogP contribution in [0.4, 0.5) is 0 Å². The predicted octanol–water partition coefficient (Wildman–Crippen LogP) is 0.762. The van der Waals surface area contributed by atoms with Gasteiger partial charge in [-0.1, -0.05) is 17.7 Å². The second-order valence-electron chi connectivity index (χ2n) is 4.36. The van der Waals surface area contributed by atoms with Crippen LogP contribution in [0.25, 0.3) is 0 Å². The van der Waals surface area contributed by atoms with E-state index in [4.69, 9.17) is 14.6 Å². The number of carbonyl (C=O) groups excluding carboxylic acids is 1. The summed E-state index contributed by atoms with van der Waals surface area (Å²) < 4.78 is 9.92. The van der Waals surface area contributed by atoms with Crippen molar-refractivity contribution in [2.24, 2.45) is 0 Å². The molecule has 0 fully saturated rings. The van der Waals surface area contributed by atoms with Gasteiger partial charge in [0.2, 0.25) is 5.91 Å². The Kier molecular flexibility index (Phi) is 5.99. The summed E-state index contributed by atoms with van der Waals surface area (Å²) in [5.74, 6) is -0.759. The zero-order valence-corrected chi connectivity index (χ0v) is 11.8. The zero-order chi connectivity index (χ0) is 15.1. The Labute approximate surface area is 117 Å². The van der Waals surface area contributed by atoms with Gasteiger partial charge in [-0.05, 0) is 13.0 Å². The quantitative estimate of drug-likeness (QED) is 0.771. The van der Waals surface area contributed by atoms with Gasteiger partial charge in [-0.2, -0.15) is 0 Å². The summed E-state index contributed by atoms with van der Waals surface area (Å²) >= 11 is 0. The lowest BCUT2D eigenvalue weighted by atomic mass is 10.1. The van der Waals surface area contributed by atoms with Crippen LogP contribution in [0.3, 0.4) is 0 Å². The van der Waals surface area contributed by atoms with Crippen LogP contribution in [0, 0.1) is 6.92 Å². The fourth-order valence-corrected chi connectivity index (χ4v) is 1.76. The van der Waals surface area contributed by atoms with Crippen molar-refractivity contribution in [2.45, 2.75) is 19.4 Å². The summed E-state index contributed by atoms with van der Waals surface area (Å²) in [6.45, 7) is 1.85. The first-order chi connectivity index (χ1) is 9.47. The van der Waals surface area contributed by atoms with Gasteiger partial charge in [0, 0.05) is 12.7 Å². The Balaban J connectivity index is 2.62. The van der Waals surface area contributed by atoms with Crippen LogP contribution in [-0.2, 0) is 20.7 Å². The molecule has 0 aliphatic carbocycles. The first-order valence-corrected chi connectivity index (χ1v) is 6.13. The molecule has 6 heteroatoms. The number of methoxy groups -OCH3 is 2. The summed E-state index contributed by atoms with van der Waals surface area (Å²) in [7, 11) is 2.83. The Morgan fingerprint density at radius 3 is 2.60 bits per heavy atom. The highest BCUT2D eigenvalue weighted by Crippen LogP contribution is 2.19. The van der Waals surface area contributed by atoms with Gasteiger partial charge >= 0.3 is 5.97 Å². The van der Waals surface area contributed by atoms with E-state index in [9.17, 15) is 9.59 Å². The van der Waals surface area contributed by atoms with E-state index in [0.717, 1.165) is 11.1 Å². The summed E-state index contributed by atoms with van der Waals surface area (Å²) in [6.07, 6.45) is -0.917. The molecule has 0 radical (unpaired) electrons. The van der Waals surface area contributed by atoms with E-state index in [1.807, 2.05) is 19.1 Å². The molecule has 0 aromatic heterocycles. The normalized spacial score (nSPS) is 11.8. The molecular formula is C14H19NO5. The Morgan fingerprint density at radius 1 is 1.35 bits per heavy atom. The number of nitrogens with one attached hydrogen (secondary N) is 1. The Morgan fingerprint density at radius 2 is 2.05 bits per heavy atom. The third kappa shape index (κ3) is 4.55. The molecule has 20 heavy (non-hydrogen) atoms. The zero-order valence-electron chi connectivity index (χ0n) is 11.8. The maximum Gasteiger partial charge on any atom is 0.334 e. The van der Waals surface area contributed by atoms with Gasteiger partial charge in [-0.3, -0.25) is 4.79 Å². The molecular weight excluding hydrogens is 262 g/mol. The number of aliphatic carboxylic acids is 1. The number of aryl methyl sites for hydroxylation is 1. The Hall–Kier alpha value is -2.08. The van der Waals surface area contributed by atoms with E-state index in [0.29, 0.717) is 5.75 Å². The van der Waals surface area contributed by atoms with Crippen molar-refractivity contribution in [3.63, 3.8) is 0 Å². The average molecular weight is 281 g/mol. The molecule has 110 valence electrons. The smallest absolute Gasteiger partial charge is 0.334 e. The van der Waals surface area contributed by atoms with Gasteiger partial charge < -0.3 is 19.9 Å². The van der Waals surface area contributed by atoms with Crippen molar-refractivity contribution in [1.82, 2.24) is 5.32 Å². The standard InChI is InChI=1S/C14H19NO5/c1-9-4-5-11(19-2)10(6-9)7-13(16)15-8-12(20-3)14(17)18/h4-6,12H,7-8H2,1-3H3,(H,15,16)(H,17,18). The van der Waals surface area contributed by atoms with E-state index in [-0.39, 0.29) is 18.9 Å². The second kappa shape index (κ2) is 7.49. The number of hydrogen-bond donors (Lipinski definition) is 2. The molecule has 0 spiro atoms. The van der Waals surface area contributed by atoms with Gasteiger partial charge in [0.05, 0.1) is 20.1 Å². The number of hydrogen-bond acceptors (Lipinski definition) is 4. The molecule has 0 heterocycles. The van der Waals surface area contributed by atoms with Crippen LogP contribution in [-0.4, -0.2) is 43.9 Å². The third-order valence-corrected chi connectivity index (χ3v) is 2.83. The number of amides is 1. The highest BCUT2D eigenvalue weighted by Gasteiger charge is 2.17. The van der Waals surface area contributed by atoms with Crippen molar-refractivity contribution in [1.29, 1.82) is 0 Å². The maximum absolute atomic E-state index is 11.8. The second-order valence-corrected chi connectivity index (χ2v) is 4.36. The molecule has 0 saturated heterocycles. The van der Waals surface area contributed by atoms with Crippen molar-refractivity contribution >= 4 is 11.9 Å². The van der Waals surface area contributed by atoms with Gasteiger partial charge in [0.25, 0.3) is 0 Å². The Bertz CT molecular complexity index is 486. The molecule has 0 aliphatic rings. The molecule has 0 bridgehead atoms. The van der Waals surface area contributed by atoms with Crippen LogP contribution in [0.2, 0.25) is 0 Å². The van der Waals surface area contributed by atoms with E-state index in [1.165, 1.54) is 14.2 Å². The predicted molar refractivity (Wildman–Crippen MR) is 72.9 cm³/mol. The lowest BCUT2D eigenvalue weighted by Gasteiger charge is -2.13. The molecule has 0 saturated carbocycles. The molecule has 1 aromatic carbocycles. The fourth-order valence-electron chi connectivity index (χ4n) is 1.76. The average Bonchev–Trinajstić information content (AvgIpc) is 2.39. The largest absolute Gasteiger partial charge is 0.496 e. The molecule has 0 aliphatic heterocycles. The summed E-state index contributed by atoms with van der Waals surface area (Å²) in [5.41, 5.74) is 1.78. The minimum absolute atomic E-state index is 0.0706. The molecule has 1 atom stereocenters. The number of carboxylic acid groups (broad SMARTS) is 1. The van der Waals surface area contributed by atoms with Crippen molar-refractivity contribution in [2.75, 3.05) is 20.8 Å². The van der Waals surface area contributed by atoms with E-state index in [2.05, 4.69) is 5.32 Å². The van der Waals surface area contributed by atoms with Gasteiger partial charge in [-0.25, -0.2) is 4.79 Å². The van der Waals surface area contributed by atoms with E-state index in [1.54, 1.807) is 6.07 Å². The topological polar surface area (TPSA) is 84.9 Å². The number of ether oxygens (including phenoxy) is 2. The lowest BCUT2D eigenvalue weighted by Crippen LogP contribution is -2.38. The van der Waals surface area contributed by atoms with E-state index >= 15 is 0 Å². The minimum atomic E-state index is -1.11.